The van der Waals surface area contributed by atoms with Crippen LogP contribution in [0.1, 0.15) is 23.2 Å². The van der Waals surface area contributed by atoms with Gasteiger partial charge in [0.15, 0.2) is 0 Å². The summed E-state index contributed by atoms with van der Waals surface area (Å²) >= 11 is 5.92. The fourth-order valence-corrected chi connectivity index (χ4v) is 2.78. The molecule has 0 saturated carbocycles. The fraction of sp³-hybridized carbons (Fsp3) is 0.500. The molecule has 0 aromatic heterocycles. The fourth-order valence-electron chi connectivity index (χ4n) is 2.60. The lowest BCUT2D eigenvalue weighted by atomic mass is 9.98. The molecule has 104 valence electrons. The molecule has 1 aromatic rings. The van der Waals surface area contributed by atoms with Gasteiger partial charge in [-0.1, -0.05) is 11.6 Å². The van der Waals surface area contributed by atoms with E-state index in [1.165, 1.54) is 12.8 Å². The van der Waals surface area contributed by atoms with Gasteiger partial charge in [-0.05, 0) is 50.0 Å². The van der Waals surface area contributed by atoms with Crippen molar-refractivity contribution in [3.05, 3.63) is 28.8 Å². The number of halogens is 1. The average Bonchev–Trinajstić information content (AvgIpc) is 2.39. The van der Waals surface area contributed by atoms with Crippen molar-refractivity contribution >= 4 is 23.2 Å². The first-order chi connectivity index (χ1) is 9.08. The van der Waals surface area contributed by atoms with Gasteiger partial charge in [-0.25, -0.2) is 0 Å². The van der Waals surface area contributed by atoms with Crippen LogP contribution in [0.2, 0.25) is 5.02 Å². The van der Waals surface area contributed by atoms with E-state index in [1.54, 1.807) is 12.1 Å². The van der Waals surface area contributed by atoms with E-state index < -0.39 is 5.91 Å². The summed E-state index contributed by atoms with van der Waals surface area (Å²) in [6.45, 7) is 3.05. The van der Waals surface area contributed by atoms with Crippen molar-refractivity contribution in [3.63, 3.8) is 0 Å². The van der Waals surface area contributed by atoms with Crippen molar-refractivity contribution in [3.8, 4) is 0 Å². The Morgan fingerprint density at radius 1 is 1.58 bits per heavy atom. The van der Waals surface area contributed by atoms with Crippen molar-refractivity contribution in [2.75, 3.05) is 31.6 Å². The predicted octanol–water partition coefficient (Wildman–Crippen LogP) is 1.87. The maximum atomic E-state index is 11.5. The summed E-state index contributed by atoms with van der Waals surface area (Å²) in [5.41, 5.74) is 6.75. The molecule has 5 heteroatoms. The monoisotopic (exact) mass is 281 g/mol. The van der Waals surface area contributed by atoms with Crippen LogP contribution in [0.4, 0.5) is 5.69 Å². The Bertz CT molecular complexity index is 458. The van der Waals surface area contributed by atoms with Gasteiger partial charge in [0.25, 0.3) is 5.91 Å². The summed E-state index contributed by atoms with van der Waals surface area (Å²) < 4.78 is 0. The number of piperidine rings is 1. The van der Waals surface area contributed by atoms with Crippen LogP contribution in [-0.4, -0.2) is 32.6 Å². The highest BCUT2D eigenvalue weighted by Gasteiger charge is 2.18. The molecular formula is C14H20ClN3O. The summed E-state index contributed by atoms with van der Waals surface area (Å²) in [5, 5.41) is 3.93. The summed E-state index contributed by atoms with van der Waals surface area (Å²) in [7, 11) is 1.99. The lowest BCUT2D eigenvalue weighted by Gasteiger charge is -2.29. The number of amides is 1. The molecule has 1 amide bonds. The summed E-state index contributed by atoms with van der Waals surface area (Å²) in [5.74, 6) is 0.168. The first-order valence-corrected chi connectivity index (χ1v) is 6.97. The maximum Gasteiger partial charge on any atom is 0.250 e. The number of carbonyl (C=O) groups excluding carboxylic acids is 1. The molecule has 1 atom stereocenters. The third kappa shape index (κ3) is 3.61. The van der Waals surface area contributed by atoms with Gasteiger partial charge in [0.2, 0.25) is 0 Å². The molecule has 2 rings (SSSR count). The molecule has 1 aliphatic heterocycles. The minimum atomic E-state index is -0.439. The number of rotatable bonds is 4. The zero-order valence-corrected chi connectivity index (χ0v) is 11.9. The van der Waals surface area contributed by atoms with Crippen LogP contribution in [0.15, 0.2) is 18.2 Å². The SMILES string of the molecule is CN(CC1CCCNC1)c1ccc(Cl)cc1C(N)=O. The molecular weight excluding hydrogens is 262 g/mol. The molecule has 1 aromatic carbocycles. The van der Waals surface area contributed by atoms with Crippen LogP contribution in [0.5, 0.6) is 0 Å². The zero-order chi connectivity index (χ0) is 13.8. The molecule has 0 bridgehead atoms. The largest absolute Gasteiger partial charge is 0.374 e. The van der Waals surface area contributed by atoms with Gasteiger partial charge in [-0.3, -0.25) is 4.79 Å². The van der Waals surface area contributed by atoms with E-state index >= 15 is 0 Å². The van der Waals surface area contributed by atoms with Gasteiger partial charge >= 0.3 is 0 Å². The molecule has 4 nitrogen and oxygen atoms in total. The van der Waals surface area contributed by atoms with E-state index in [0.717, 1.165) is 25.3 Å². The highest BCUT2D eigenvalue weighted by Crippen LogP contribution is 2.24. The Kier molecular flexibility index (Phi) is 4.66. The molecule has 19 heavy (non-hydrogen) atoms. The van der Waals surface area contributed by atoms with Gasteiger partial charge in [0, 0.05) is 24.3 Å². The second-order valence-corrected chi connectivity index (χ2v) is 5.56. The van der Waals surface area contributed by atoms with Gasteiger partial charge in [-0.15, -0.1) is 0 Å². The standard InChI is InChI=1S/C14H20ClN3O/c1-18(9-10-3-2-6-17-8-10)13-5-4-11(15)7-12(13)14(16)19/h4-5,7,10,17H,2-3,6,8-9H2,1H3,(H2,16,19). The Labute approximate surface area is 118 Å². The van der Waals surface area contributed by atoms with Gasteiger partial charge in [0.05, 0.1) is 5.56 Å². The van der Waals surface area contributed by atoms with Crippen LogP contribution < -0.4 is 16.0 Å². The minimum absolute atomic E-state index is 0.439. The normalized spacial score (nSPS) is 19.2. The number of nitrogens with two attached hydrogens (primary N) is 1. The number of nitrogens with zero attached hydrogens (tertiary/aromatic N) is 1. The van der Waals surface area contributed by atoms with E-state index in [9.17, 15) is 4.79 Å². The highest BCUT2D eigenvalue weighted by molar-refractivity contribution is 6.31. The third-order valence-electron chi connectivity index (χ3n) is 3.57. The molecule has 1 heterocycles. The molecule has 0 aliphatic carbocycles. The average molecular weight is 282 g/mol. The van der Waals surface area contributed by atoms with Gasteiger partial charge < -0.3 is 16.0 Å². The molecule has 1 saturated heterocycles. The first-order valence-electron chi connectivity index (χ1n) is 6.59. The minimum Gasteiger partial charge on any atom is -0.374 e. The molecule has 1 fully saturated rings. The Hall–Kier alpha value is -1.26. The van der Waals surface area contributed by atoms with Crippen molar-refractivity contribution in [2.24, 2.45) is 11.7 Å². The van der Waals surface area contributed by atoms with Crippen LogP contribution >= 0.6 is 11.6 Å². The molecule has 0 radical (unpaired) electrons. The van der Waals surface area contributed by atoms with Crippen LogP contribution in [0.25, 0.3) is 0 Å². The quantitative estimate of drug-likeness (QED) is 0.886. The smallest absolute Gasteiger partial charge is 0.250 e. The van der Waals surface area contributed by atoms with Crippen molar-refractivity contribution in [1.29, 1.82) is 0 Å². The Morgan fingerprint density at radius 3 is 3.00 bits per heavy atom. The number of hydrogen-bond donors (Lipinski definition) is 2. The summed E-state index contributed by atoms with van der Waals surface area (Å²) in [6, 6.07) is 5.28. The van der Waals surface area contributed by atoms with E-state index in [0.29, 0.717) is 16.5 Å². The van der Waals surface area contributed by atoms with E-state index in [4.69, 9.17) is 17.3 Å². The van der Waals surface area contributed by atoms with Gasteiger partial charge in [-0.2, -0.15) is 0 Å². The number of nitrogens with one attached hydrogen (secondary N) is 1. The number of primary amides is 1. The van der Waals surface area contributed by atoms with Crippen LogP contribution in [-0.2, 0) is 0 Å². The predicted molar refractivity (Wildman–Crippen MR) is 78.8 cm³/mol. The van der Waals surface area contributed by atoms with Crippen LogP contribution in [0.3, 0.4) is 0 Å². The number of benzene rings is 1. The molecule has 3 N–H and O–H groups in total. The van der Waals surface area contributed by atoms with E-state index in [-0.39, 0.29) is 0 Å². The number of anilines is 1. The number of hydrogen-bond acceptors (Lipinski definition) is 3. The second-order valence-electron chi connectivity index (χ2n) is 5.12. The zero-order valence-electron chi connectivity index (χ0n) is 11.2. The maximum absolute atomic E-state index is 11.5. The van der Waals surface area contributed by atoms with Crippen molar-refractivity contribution in [2.45, 2.75) is 12.8 Å². The lowest BCUT2D eigenvalue weighted by molar-refractivity contribution is 0.100. The topological polar surface area (TPSA) is 58.4 Å². The van der Waals surface area contributed by atoms with Crippen molar-refractivity contribution in [1.82, 2.24) is 5.32 Å². The van der Waals surface area contributed by atoms with Gasteiger partial charge in [0.1, 0.15) is 0 Å². The van der Waals surface area contributed by atoms with Crippen LogP contribution in [0, 0.1) is 5.92 Å². The number of carbonyl (C=O) groups is 1. The summed E-state index contributed by atoms with van der Waals surface area (Å²) in [4.78, 5) is 13.6. The highest BCUT2D eigenvalue weighted by atomic mass is 35.5. The second kappa shape index (κ2) is 6.26. The van der Waals surface area contributed by atoms with Crippen molar-refractivity contribution < 1.29 is 4.79 Å². The van der Waals surface area contributed by atoms with E-state index in [2.05, 4.69) is 10.2 Å². The summed E-state index contributed by atoms with van der Waals surface area (Å²) in [6.07, 6.45) is 2.43. The lowest BCUT2D eigenvalue weighted by Crippen LogP contribution is -2.37. The Balaban J connectivity index is 2.13. The molecule has 0 spiro atoms. The Morgan fingerprint density at radius 2 is 2.37 bits per heavy atom. The molecule has 1 aliphatic rings. The third-order valence-corrected chi connectivity index (χ3v) is 3.80. The van der Waals surface area contributed by atoms with E-state index in [1.807, 2.05) is 13.1 Å². The molecule has 1 unspecified atom stereocenters. The first kappa shape index (κ1) is 14.2.